The lowest BCUT2D eigenvalue weighted by atomic mass is 10.2. The molecule has 0 saturated carbocycles. The third-order valence-electron chi connectivity index (χ3n) is 3.02. The van der Waals surface area contributed by atoms with Crippen molar-refractivity contribution in [2.24, 2.45) is 0 Å². The van der Waals surface area contributed by atoms with E-state index in [-0.39, 0.29) is 5.91 Å². The molecule has 0 bridgehead atoms. The third kappa shape index (κ3) is 4.39. The van der Waals surface area contributed by atoms with Gasteiger partial charge in [0, 0.05) is 12.7 Å². The number of anilines is 1. The summed E-state index contributed by atoms with van der Waals surface area (Å²) in [6.07, 6.45) is 5.16. The molecule has 2 rings (SSSR count). The maximum Gasteiger partial charge on any atom is 0.252 e. The van der Waals surface area contributed by atoms with E-state index in [4.69, 9.17) is 0 Å². The van der Waals surface area contributed by atoms with Gasteiger partial charge in [0.25, 0.3) is 5.91 Å². The van der Waals surface area contributed by atoms with Crippen LogP contribution in [0, 0.1) is 0 Å². The second-order valence-corrected chi connectivity index (χ2v) is 5.90. The summed E-state index contributed by atoms with van der Waals surface area (Å²) in [7, 11) is -1.52. The summed E-state index contributed by atoms with van der Waals surface area (Å²) in [6.45, 7) is 2.68. The molecule has 116 valence electrons. The lowest BCUT2D eigenvalue weighted by Crippen LogP contribution is -2.26. The number of amides is 1. The molecule has 2 N–H and O–H groups in total. The summed E-state index contributed by atoms with van der Waals surface area (Å²) >= 11 is 0. The third-order valence-corrected chi connectivity index (χ3v) is 4.20. The molecule has 0 saturated heterocycles. The van der Waals surface area contributed by atoms with Gasteiger partial charge in [-0.3, -0.25) is 14.5 Å². The van der Waals surface area contributed by atoms with Crippen LogP contribution in [0.5, 0.6) is 0 Å². The Labute approximate surface area is 132 Å². The number of benzene rings is 1. The molecular weight excluding hydrogens is 298 g/mol. The van der Waals surface area contributed by atoms with Crippen molar-refractivity contribution >= 4 is 22.6 Å². The van der Waals surface area contributed by atoms with E-state index >= 15 is 0 Å². The average molecular weight is 317 g/mol. The number of hydrogen-bond donors (Lipinski definition) is 2. The summed E-state index contributed by atoms with van der Waals surface area (Å²) < 4.78 is 15.3. The molecule has 1 unspecified atom stereocenters. The Morgan fingerprint density at radius 3 is 2.77 bits per heavy atom. The van der Waals surface area contributed by atoms with Crippen molar-refractivity contribution in [2.75, 3.05) is 11.3 Å². The molecule has 1 atom stereocenters. The molecule has 0 aliphatic heterocycles. The van der Waals surface area contributed by atoms with E-state index in [1.807, 2.05) is 0 Å². The molecule has 5 nitrogen and oxygen atoms in total. The van der Waals surface area contributed by atoms with Crippen LogP contribution < -0.4 is 10.0 Å². The fraction of sp³-hybridized carbons (Fsp3) is 0.250. The Morgan fingerprint density at radius 2 is 2.05 bits per heavy atom. The number of rotatable bonds is 7. The molecule has 6 heteroatoms. The van der Waals surface area contributed by atoms with Crippen LogP contribution in [0.2, 0.25) is 0 Å². The molecular formula is C16H19N3O2S. The Balaban J connectivity index is 2.13. The van der Waals surface area contributed by atoms with Gasteiger partial charge < -0.3 is 5.32 Å². The lowest BCUT2D eigenvalue weighted by Gasteiger charge is -2.11. The van der Waals surface area contributed by atoms with Crippen LogP contribution in [0.3, 0.4) is 0 Å². The number of unbranched alkanes of at least 4 members (excludes halogenated alkanes) is 1. The minimum absolute atomic E-state index is 0.203. The van der Waals surface area contributed by atoms with Gasteiger partial charge in [0.05, 0.1) is 22.3 Å². The first-order chi connectivity index (χ1) is 10.7. The molecule has 22 heavy (non-hydrogen) atoms. The van der Waals surface area contributed by atoms with Crippen LogP contribution in [0.25, 0.3) is 0 Å². The molecule has 0 radical (unpaired) electrons. The van der Waals surface area contributed by atoms with Gasteiger partial charge in [-0.25, -0.2) is 4.21 Å². The van der Waals surface area contributed by atoms with Crippen molar-refractivity contribution in [3.63, 3.8) is 0 Å². The summed E-state index contributed by atoms with van der Waals surface area (Å²) in [5, 5.41) is 2.85. The Morgan fingerprint density at radius 1 is 1.23 bits per heavy atom. The highest BCUT2D eigenvalue weighted by Crippen LogP contribution is 2.16. The predicted octanol–water partition coefficient (Wildman–Crippen LogP) is 2.75. The maximum atomic E-state index is 12.5. The molecule has 0 spiro atoms. The van der Waals surface area contributed by atoms with Crippen LogP contribution in [-0.2, 0) is 11.0 Å². The Kier molecular flexibility index (Phi) is 6.09. The van der Waals surface area contributed by atoms with E-state index in [0.717, 1.165) is 12.8 Å². The number of aromatic nitrogens is 1. The fourth-order valence-electron chi connectivity index (χ4n) is 1.87. The molecule has 2 aromatic rings. The highest BCUT2D eigenvalue weighted by Gasteiger charge is 2.15. The maximum absolute atomic E-state index is 12.5. The van der Waals surface area contributed by atoms with Crippen molar-refractivity contribution < 1.29 is 9.00 Å². The topological polar surface area (TPSA) is 71.1 Å². The molecule has 0 aliphatic carbocycles. The van der Waals surface area contributed by atoms with Crippen LogP contribution in [0.15, 0.2) is 53.7 Å². The number of carbonyl (C=O) groups is 1. The lowest BCUT2D eigenvalue weighted by molar-refractivity contribution is 0.0950. The van der Waals surface area contributed by atoms with Gasteiger partial charge in [-0.1, -0.05) is 25.5 Å². The standard InChI is InChI=1S/C16H19N3O2S/c1-2-3-11-18-16(20)14-8-4-5-9-15(14)22(21)19-13-7-6-10-17-12-13/h4-10,12,19H,2-3,11H2,1H3,(H,18,20). The van der Waals surface area contributed by atoms with Crippen molar-refractivity contribution in [2.45, 2.75) is 24.7 Å². The quantitative estimate of drug-likeness (QED) is 0.771. The first kappa shape index (κ1) is 16.2. The van der Waals surface area contributed by atoms with Gasteiger partial charge in [0.15, 0.2) is 11.0 Å². The predicted molar refractivity (Wildman–Crippen MR) is 88.0 cm³/mol. The molecule has 1 amide bonds. The first-order valence-corrected chi connectivity index (χ1v) is 8.33. The van der Waals surface area contributed by atoms with E-state index in [1.54, 1.807) is 48.8 Å². The largest absolute Gasteiger partial charge is 0.352 e. The van der Waals surface area contributed by atoms with Gasteiger partial charge in [-0.05, 0) is 30.7 Å². The van der Waals surface area contributed by atoms with Crippen LogP contribution >= 0.6 is 0 Å². The van der Waals surface area contributed by atoms with E-state index in [9.17, 15) is 9.00 Å². The monoisotopic (exact) mass is 317 g/mol. The summed E-state index contributed by atoms with van der Waals surface area (Å²) in [5.41, 5.74) is 1.07. The smallest absolute Gasteiger partial charge is 0.252 e. The number of nitrogens with zero attached hydrogens (tertiary/aromatic N) is 1. The molecule has 0 aliphatic rings. The number of hydrogen-bond acceptors (Lipinski definition) is 3. The average Bonchev–Trinajstić information content (AvgIpc) is 2.56. The number of nitrogens with one attached hydrogen (secondary N) is 2. The highest BCUT2D eigenvalue weighted by molar-refractivity contribution is 7.86. The number of pyridine rings is 1. The second kappa shape index (κ2) is 8.29. The summed E-state index contributed by atoms with van der Waals surface area (Å²) in [5.74, 6) is -0.203. The van der Waals surface area contributed by atoms with Gasteiger partial charge in [0.1, 0.15) is 0 Å². The summed E-state index contributed by atoms with van der Waals surface area (Å²) in [4.78, 5) is 16.6. The number of carbonyl (C=O) groups excluding carboxylic acids is 1. The van der Waals surface area contributed by atoms with Gasteiger partial charge in [-0.15, -0.1) is 0 Å². The zero-order valence-corrected chi connectivity index (χ0v) is 13.2. The van der Waals surface area contributed by atoms with Gasteiger partial charge >= 0.3 is 0 Å². The molecule has 0 fully saturated rings. The van der Waals surface area contributed by atoms with Crippen LogP contribution in [-0.4, -0.2) is 21.6 Å². The Bertz CT molecular complexity index is 647. The van der Waals surface area contributed by atoms with Gasteiger partial charge in [0.2, 0.25) is 0 Å². The fourth-order valence-corrected chi connectivity index (χ4v) is 2.88. The SMILES string of the molecule is CCCCNC(=O)c1ccccc1S(=O)Nc1cccnc1. The van der Waals surface area contributed by atoms with Crippen LogP contribution in [0.4, 0.5) is 5.69 Å². The van der Waals surface area contributed by atoms with E-state index < -0.39 is 11.0 Å². The highest BCUT2D eigenvalue weighted by atomic mass is 32.2. The Hall–Kier alpha value is -2.21. The zero-order chi connectivity index (χ0) is 15.8. The second-order valence-electron chi connectivity index (χ2n) is 4.72. The molecule has 1 heterocycles. The van der Waals surface area contributed by atoms with E-state index in [0.29, 0.717) is 22.7 Å². The minimum atomic E-state index is -1.52. The normalized spacial score (nSPS) is 11.7. The summed E-state index contributed by atoms with van der Waals surface area (Å²) in [6, 6.07) is 10.4. The van der Waals surface area contributed by atoms with Crippen molar-refractivity contribution in [1.29, 1.82) is 0 Å². The zero-order valence-electron chi connectivity index (χ0n) is 12.4. The van der Waals surface area contributed by atoms with Gasteiger partial charge in [-0.2, -0.15) is 0 Å². The first-order valence-electron chi connectivity index (χ1n) is 7.18. The van der Waals surface area contributed by atoms with E-state index in [1.165, 1.54) is 0 Å². The van der Waals surface area contributed by atoms with Crippen molar-refractivity contribution in [3.8, 4) is 0 Å². The van der Waals surface area contributed by atoms with Crippen molar-refractivity contribution in [3.05, 3.63) is 54.4 Å². The van der Waals surface area contributed by atoms with E-state index in [2.05, 4.69) is 21.9 Å². The minimum Gasteiger partial charge on any atom is -0.352 e. The molecule has 1 aromatic heterocycles. The van der Waals surface area contributed by atoms with Crippen LogP contribution in [0.1, 0.15) is 30.1 Å². The van der Waals surface area contributed by atoms with Crippen molar-refractivity contribution in [1.82, 2.24) is 10.3 Å². The molecule has 1 aromatic carbocycles.